The first-order chi connectivity index (χ1) is 8.18. The van der Waals surface area contributed by atoms with E-state index in [2.05, 4.69) is 4.98 Å². The first-order valence-corrected chi connectivity index (χ1v) is 5.08. The monoisotopic (exact) mass is 231 g/mol. The minimum absolute atomic E-state index is 0.199. The van der Waals surface area contributed by atoms with Gasteiger partial charge in [-0.3, -0.25) is 9.78 Å². The lowest BCUT2D eigenvalue weighted by Gasteiger charge is -2.08. The maximum absolute atomic E-state index is 13.8. The Hall–Kier alpha value is -2.23. The molecule has 1 aromatic heterocycles. The molecule has 0 aliphatic heterocycles. The normalized spacial score (nSPS) is 10.2. The van der Waals surface area contributed by atoms with Gasteiger partial charge < -0.3 is 5.11 Å². The van der Waals surface area contributed by atoms with Crippen LogP contribution in [0.15, 0.2) is 42.7 Å². The SMILES string of the molecule is O=C(O)Cc1cccc(F)c1-c1ccncc1. The quantitative estimate of drug-likeness (QED) is 0.883. The van der Waals surface area contributed by atoms with Crippen molar-refractivity contribution in [2.45, 2.75) is 6.42 Å². The Morgan fingerprint density at radius 1 is 1.24 bits per heavy atom. The molecule has 17 heavy (non-hydrogen) atoms. The van der Waals surface area contributed by atoms with Crippen LogP contribution in [-0.4, -0.2) is 16.1 Å². The van der Waals surface area contributed by atoms with Crippen LogP contribution in [-0.2, 0) is 11.2 Å². The second kappa shape index (κ2) is 4.74. The van der Waals surface area contributed by atoms with E-state index < -0.39 is 11.8 Å². The van der Waals surface area contributed by atoms with E-state index >= 15 is 0 Å². The Balaban J connectivity index is 2.55. The maximum atomic E-state index is 13.8. The summed E-state index contributed by atoms with van der Waals surface area (Å²) in [5.41, 5.74) is 1.43. The number of rotatable bonds is 3. The predicted molar refractivity (Wildman–Crippen MR) is 61.0 cm³/mol. The van der Waals surface area contributed by atoms with E-state index in [0.717, 1.165) is 0 Å². The summed E-state index contributed by atoms with van der Waals surface area (Å²) < 4.78 is 13.8. The van der Waals surface area contributed by atoms with Crippen molar-refractivity contribution in [1.29, 1.82) is 0 Å². The Kier molecular flexibility index (Phi) is 3.14. The number of nitrogens with zero attached hydrogens (tertiary/aromatic N) is 1. The second-order valence-corrected chi connectivity index (χ2v) is 3.58. The Morgan fingerprint density at radius 2 is 1.94 bits per heavy atom. The van der Waals surface area contributed by atoms with Crippen molar-refractivity contribution in [1.82, 2.24) is 4.98 Å². The molecular weight excluding hydrogens is 221 g/mol. The summed E-state index contributed by atoms with van der Waals surface area (Å²) in [5.74, 6) is -1.40. The third-order valence-electron chi connectivity index (χ3n) is 2.41. The van der Waals surface area contributed by atoms with Crippen molar-refractivity contribution in [2.24, 2.45) is 0 Å². The Bertz CT molecular complexity index is 540. The molecule has 2 aromatic rings. The van der Waals surface area contributed by atoms with Gasteiger partial charge in [0.05, 0.1) is 6.42 Å². The topological polar surface area (TPSA) is 50.2 Å². The van der Waals surface area contributed by atoms with Crippen LogP contribution in [0, 0.1) is 5.82 Å². The first-order valence-electron chi connectivity index (χ1n) is 5.08. The average molecular weight is 231 g/mol. The molecule has 0 fully saturated rings. The molecule has 1 heterocycles. The van der Waals surface area contributed by atoms with E-state index in [1.807, 2.05) is 0 Å². The summed E-state index contributed by atoms with van der Waals surface area (Å²) in [5, 5.41) is 8.79. The van der Waals surface area contributed by atoms with Gasteiger partial charge in [0.25, 0.3) is 0 Å². The van der Waals surface area contributed by atoms with Crippen LogP contribution >= 0.6 is 0 Å². The number of benzene rings is 1. The number of carboxylic acids is 1. The number of aliphatic carboxylic acids is 1. The van der Waals surface area contributed by atoms with Gasteiger partial charge in [0.2, 0.25) is 0 Å². The number of hydrogen-bond acceptors (Lipinski definition) is 2. The van der Waals surface area contributed by atoms with Crippen LogP contribution in [0.2, 0.25) is 0 Å². The summed E-state index contributed by atoms with van der Waals surface area (Å²) >= 11 is 0. The van der Waals surface area contributed by atoms with Gasteiger partial charge in [-0.15, -0.1) is 0 Å². The summed E-state index contributed by atoms with van der Waals surface area (Å²) in [6.07, 6.45) is 2.90. The number of halogens is 1. The number of hydrogen-bond donors (Lipinski definition) is 1. The fraction of sp³-hybridized carbons (Fsp3) is 0.0769. The van der Waals surface area contributed by atoms with Crippen LogP contribution in [0.5, 0.6) is 0 Å². The molecule has 0 bridgehead atoms. The van der Waals surface area contributed by atoms with E-state index in [1.165, 1.54) is 12.1 Å². The molecule has 1 aromatic carbocycles. The van der Waals surface area contributed by atoms with E-state index in [0.29, 0.717) is 16.7 Å². The lowest BCUT2D eigenvalue weighted by atomic mass is 9.98. The van der Waals surface area contributed by atoms with Crippen LogP contribution in [0.3, 0.4) is 0 Å². The molecule has 0 aliphatic carbocycles. The zero-order valence-corrected chi connectivity index (χ0v) is 8.93. The van der Waals surface area contributed by atoms with Crippen LogP contribution in [0.1, 0.15) is 5.56 Å². The van der Waals surface area contributed by atoms with Gasteiger partial charge in [-0.05, 0) is 29.3 Å². The lowest BCUT2D eigenvalue weighted by molar-refractivity contribution is -0.136. The molecule has 3 nitrogen and oxygen atoms in total. The third-order valence-corrected chi connectivity index (χ3v) is 2.41. The Morgan fingerprint density at radius 3 is 2.59 bits per heavy atom. The highest BCUT2D eigenvalue weighted by Crippen LogP contribution is 2.26. The summed E-state index contributed by atoms with van der Waals surface area (Å²) in [4.78, 5) is 14.6. The number of aromatic nitrogens is 1. The molecule has 1 N–H and O–H groups in total. The average Bonchev–Trinajstić information content (AvgIpc) is 2.29. The molecular formula is C13H10FNO2. The highest BCUT2D eigenvalue weighted by atomic mass is 19.1. The van der Waals surface area contributed by atoms with Gasteiger partial charge in [0.1, 0.15) is 5.82 Å². The third kappa shape index (κ3) is 2.47. The van der Waals surface area contributed by atoms with Crippen LogP contribution < -0.4 is 0 Å². The number of pyridine rings is 1. The second-order valence-electron chi connectivity index (χ2n) is 3.58. The van der Waals surface area contributed by atoms with E-state index in [4.69, 9.17) is 5.11 Å². The maximum Gasteiger partial charge on any atom is 0.307 e. The fourth-order valence-electron chi connectivity index (χ4n) is 1.72. The highest BCUT2D eigenvalue weighted by Gasteiger charge is 2.12. The fourth-order valence-corrected chi connectivity index (χ4v) is 1.72. The standard InChI is InChI=1S/C13H10FNO2/c14-11-3-1-2-10(8-12(16)17)13(11)9-4-6-15-7-5-9/h1-7H,8H2,(H,16,17). The smallest absolute Gasteiger partial charge is 0.307 e. The van der Waals surface area contributed by atoms with Crippen molar-refractivity contribution in [2.75, 3.05) is 0 Å². The van der Waals surface area contributed by atoms with Crippen molar-refractivity contribution >= 4 is 5.97 Å². The van der Waals surface area contributed by atoms with Gasteiger partial charge in [0, 0.05) is 18.0 Å². The molecule has 86 valence electrons. The van der Waals surface area contributed by atoms with Crippen molar-refractivity contribution in [3.05, 3.63) is 54.1 Å². The molecule has 0 spiro atoms. The largest absolute Gasteiger partial charge is 0.481 e. The van der Waals surface area contributed by atoms with Gasteiger partial charge in [-0.1, -0.05) is 12.1 Å². The molecule has 0 saturated heterocycles. The minimum Gasteiger partial charge on any atom is -0.481 e. The molecule has 0 unspecified atom stereocenters. The molecule has 0 radical (unpaired) electrons. The van der Waals surface area contributed by atoms with Gasteiger partial charge in [-0.25, -0.2) is 4.39 Å². The predicted octanol–water partition coefficient (Wildman–Crippen LogP) is 2.51. The van der Waals surface area contributed by atoms with E-state index in [-0.39, 0.29) is 6.42 Å². The van der Waals surface area contributed by atoms with Crippen molar-refractivity contribution in [3.8, 4) is 11.1 Å². The molecule has 2 rings (SSSR count). The van der Waals surface area contributed by atoms with Gasteiger partial charge in [0.15, 0.2) is 0 Å². The number of carbonyl (C=O) groups is 1. The van der Waals surface area contributed by atoms with Crippen LogP contribution in [0.25, 0.3) is 11.1 Å². The summed E-state index contributed by atoms with van der Waals surface area (Å²) in [7, 11) is 0. The van der Waals surface area contributed by atoms with Crippen LogP contribution in [0.4, 0.5) is 4.39 Å². The van der Waals surface area contributed by atoms with Gasteiger partial charge >= 0.3 is 5.97 Å². The summed E-state index contributed by atoms with van der Waals surface area (Å²) in [6.45, 7) is 0. The zero-order valence-electron chi connectivity index (χ0n) is 8.93. The number of carboxylic acid groups (broad SMARTS) is 1. The van der Waals surface area contributed by atoms with E-state index in [1.54, 1.807) is 30.6 Å². The Labute approximate surface area is 97.6 Å². The zero-order chi connectivity index (χ0) is 12.3. The molecule has 0 saturated carbocycles. The molecule has 4 heteroatoms. The lowest BCUT2D eigenvalue weighted by Crippen LogP contribution is -2.03. The van der Waals surface area contributed by atoms with E-state index in [9.17, 15) is 9.18 Å². The first kappa shape index (κ1) is 11.3. The minimum atomic E-state index is -0.981. The summed E-state index contributed by atoms with van der Waals surface area (Å²) in [6, 6.07) is 7.76. The molecule has 0 amide bonds. The molecule has 0 atom stereocenters. The van der Waals surface area contributed by atoms with Crippen molar-refractivity contribution in [3.63, 3.8) is 0 Å². The molecule has 0 aliphatic rings. The highest BCUT2D eigenvalue weighted by molar-refractivity contribution is 5.76. The van der Waals surface area contributed by atoms with Crippen molar-refractivity contribution < 1.29 is 14.3 Å². The van der Waals surface area contributed by atoms with Gasteiger partial charge in [-0.2, -0.15) is 0 Å².